The van der Waals surface area contributed by atoms with Crippen LogP contribution in [-0.2, 0) is 0 Å². The average molecular weight is 165 g/mol. The molecule has 4 heteroatoms. The van der Waals surface area contributed by atoms with Gasteiger partial charge in [0.1, 0.15) is 12.4 Å². The Hall–Kier alpha value is -1.16. The molecule has 12 heavy (non-hydrogen) atoms. The normalized spacial score (nSPS) is 17.1. The molecule has 1 aromatic rings. The Morgan fingerprint density at radius 3 is 3.00 bits per heavy atom. The Morgan fingerprint density at radius 2 is 2.42 bits per heavy atom. The lowest BCUT2D eigenvalue weighted by molar-refractivity contribution is 0.140. The molecule has 1 saturated heterocycles. The van der Waals surface area contributed by atoms with Crippen LogP contribution >= 0.6 is 0 Å². The fourth-order valence-corrected chi connectivity index (χ4v) is 1.02. The molecule has 2 rings (SSSR count). The summed E-state index contributed by atoms with van der Waals surface area (Å²) in [5.41, 5.74) is 0.900. The van der Waals surface area contributed by atoms with Crippen LogP contribution in [0, 0.1) is 6.92 Å². The van der Waals surface area contributed by atoms with E-state index < -0.39 is 0 Å². The van der Waals surface area contributed by atoms with E-state index in [9.17, 15) is 0 Å². The van der Waals surface area contributed by atoms with E-state index in [4.69, 9.17) is 4.74 Å². The van der Waals surface area contributed by atoms with Crippen LogP contribution in [0.4, 0.5) is 0 Å². The maximum absolute atomic E-state index is 5.59. The first-order chi connectivity index (χ1) is 5.86. The molecular weight excluding hydrogens is 154 g/mol. The molecule has 1 fully saturated rings. The van der Waals surface area contributed by atoms with Gasteiger partial charge in [-0.05, 0) is 6.92 Å². The van der Waals surface area contributed by atoms with E-state index in [1.54, 1.807) is 6.20 Å². The van der Waals surface area contributed by atoms with Gasteiger partial charge in [0.15, 0.2) is 5.75 Å². The zero-order chi connectivity index (χ0) is 8.39. The molecule has 64 valence electrons. The van der Waals surface area contributed by atoms with Crippen molar-refractivity contribution in [1.82, 2.24) is 15.3 Å². The molecule has 4 nitrogen and oxygen atoms in total. The quantitative estimate of drug-likeness (QED) is 0.677. The highest BCUT2D eigenvalue weighted by atomic mass is 16.5. The van der Waals surface area contributed by atoms with Crippen LogP contribution in [-0.4, -0.2) is 29.2 Å². The molecule has 0 radical (unpaired) electrons. The highest BCUT2D eigenvalue weighted by molar-refractivity contribution is 5.22. The van der Waals surface area contributed by atoms with Crippen LogP contribution in [0.2, 0.25) is 0 Å². The van der Waals surface area contributed by atoms with E-state index in [-0.39, 0.29) is 0 Å². The van der Waals surface area contributed by atoms with Gasteiger partial charge in [0.2, 0.25) is 0 Å². The van der Waals surface area contributed by atoms with E-state index in [1.165, 1.54) is 6.33 Å². The predicted octanol–water partition coefficient (Wildman–Crippen LogP) is 0.136. The van der Waals surface area contributed by atoms with Crippen molar-refractivity contribution in [2.24, 2.45) is 0 Å². The van der Waals surface area contributed by atoms with E-state index in [0.717, 1.165) is 24.5 Å². The van der Waals surface area contributed by atoms with Crippen molar-refractivity contribution in [1.29, 1.82) is 0 Å². The summed E-state index contributed by atoms with van der Waals surface area (Å²) >= 11 is 0. The van der Waals surface area contributed by atoms with E-state index >= 15 is 0 Å². The van der Waals surface area contributed by atoms with Gasteiger partial charge < -0.3 is 10.1 Å². The van der Waals surface area contributed by atoms with Crippen LogP contribution < -0.4 is 10.1 Å². The molecule has 0 aromatic carbocycles. The zero-order valence-corrected chi connectivity index (χ0v) is 6.95. The summed E-state index contributed by atoms with van der Waals surface area (Å²) in [6.45, 7) is 3.77. The van der Waals surface area contributed by atoms with Crippen LogP contribution in [0.25, 0.3) is 0 Å². The Kier molecular flexibility index (Phi) is 1.91. The zero-order valence-electron chi connectivity index (χ0n) is 6.95. The molecule has 0 aliphatic carbocycles. The Balaban J connectivity index is 2.06. The maximum Gasteiger partial charge on any atom is 0.159 e. The summed E-state index contributed by atoms with van der Waals surface area (Å²) in [7, 11) is 0. The van der Waals surface area contributed by atoms with Crippen molar-refractivity contribution >= 4 is 0 Å². The van der Waals surface area contributed by atoms with Crippen molar-refractivity contribution in [3.8, 4) is 5.75 Å². The van der Waals surface area contributed by atoms with Crippen molar-refractivity contribution in [3.05, 3.63) is 18.2 Å². The lowest BCUT2D eigenvalue weighted by Crippen LogP contribution is -2.50. The summed E-state index contributed by atoms with van der Waals surface area (Å²) in [5.74, 6) is 0.795. The molecule has 1 aliphatic rings. The number of hydrogen-bond acceptors (Lipinski definition) is 4. The highest BCUT2D eigenvalue weighted by Crippen LogP contribution is 2.15. The number of aryl methyl sites for hydroxylation is 1. The van der Waals surface area contributed by atoms with E-state index in [2.05, 4.69) is 15.3 Å². The second-order valence-corrected chi connectivity index (χ2v) is 2.87. The summed E-state index contributed by atoms with van der Waals surface area (Å²) in [4.78, 5) is 7.93. The minimum absolute atomic E-state index is 0.301. The summed E-state index contributed by atoms with van der Waals surface area (Å²) in [5, 5.41) is 3.14. The molecular formula is C8H11N3O. The van der Waals surface area contributed by atoms with Crippen LogP contribution in [0.3, 0.4) is 0 Å². The second kappa shape index (κ2) is 3.06. The topological polar surface area (TPSA) is 47.0 Å². The first-order valence-corrected chi connectivity index (χ1v) is 4.00. The molecule has 0 spiro atoms. The van der Waals surface area contributed by atoms with Gasteiger partial charge in [-0.25, -0.2) is 9.97 Å². The standard InChI is InChI=1S/C8H11N3O/c1-6-8(4-10-5-11-6)12-7-2-9-3-7/h4-5,7,9H,2-3H2,1H3. The third kappa shape index (κ3) is 1.38. The Labute approximate surface area is 71.0 Å². The minimum Gasteiger partial charge on any atom is -0.484 e. The first-order valence-electron chi connectivity index (χ1n) is 4.00. The van der Waals surface area contributed by atoms with Gasteiger partial charge >= 0.3 is 0 Å². The molecule has 2 heterocycles. The van der Waals surface area contributed by atoms with Crippen LogP contribution in [0.15, 0.2) is 12.5 Å². The lowest BCUT2D eigenvalue weighted by atomic mass is 10.2. The predicted molar refractivity (Wildman–Crippen MR) is 44.1 cm³/mol. The smallest absolute Gasteiger partial charge is 0.159 e. The van der Waals surface area contributed by atoms with Crippen molar-refractivity contribution in [2.45, 2.75) is 13.0 Å². The van der Waals surface area contributed by atoms with Crippen molar-refractivity contribution in [2.75, 3.05) is 13.1 Å². The van der Waals surface area contributed by atoms with Gasteiger partial charge in [0, 0.05) is 13.1 Å². The first kappa shape index (κ1) is 7.49. The van der Waals surface area contributed by atoms with Crippen molar-refractivity contribution in [3.63, 3.8) is 0 Å². The number of nitrogens with zero attached hydrogens (tertiary/aromatic N) is 2. The summed E-state index contributed by atoms with van der Waals surface area (Å²) < 4.78 is 5.59. The molecule has 1 aliphatic heterocycles. The summed E-state index contributed by atoms with van der Waals surface area (Å²) in [6, 6.07) is 0. The monoisotopic (exact) mass is 165 g/mol. The Morgan fingerprint density at radius 1 is 1.58 bits per heavy atom. The minimum atomic E-state index is 0.301. The van der Waals surface area contributed by atoms with Gasteiger partial charge in [0.05, 0.1) is 11.9 Å². The molecule has 0 unspecified atom stereocenters. The van der Waals surface area contributed by atoms with E-state index in [0.29, 0.717) is 6.10 Å². The van der Waals surface area contributed by atoms with Gasteiger partial charge in [-0.3, -0.25) is 0 Å². The number of ether oxygens (including phenoxy) is 1. The van der Waals surface area contributed by atoms with Gasteiger partial charge in [-0.2, -0.15) is 0 Å². The maximum atomic E-state index is 5.59. The molecule has 0 atom stereocenters. The highest BCUT2D eigenvalue weighted by Gasteiger charge is 2.19. The number of nitrogens with one attached hydrogen (secondary N) is 1. The second-order valence-electron chi connectivity index (χ2n) is 2.87. The fraction of sp³-hybridized carbons (Fsp3) is 0.500. The SMILES string of the molecule is Cc1ncncc1OC1CNC1. The molecule has 0 bridgehead atoms. The largest absolute Gasteiger partial charge is 0.484 e. The molecule has 0 amide bonds. The molecule has 0 saturated carbocycles. The molecule has 1 aromatic heterocycles. The summed E-state index contributed by atoms with van der Waals surface area (Å²) in [6.07, 6.45) is 3.54. The molecule has 1 N–H and O–H groups in total. The van der Waals surface area contributed by atoms with Crippen LogP contribution in [0.5, 0.6) is 5.75 Å². The lowest BCUT2D eigenvalue weighted by Gasteiger charge is -2.27. The number of hydrogen-bond donors (Lipinski definition) is 1. The van der Waals surface area contributed by atoms with Gasteiger partial charge in [-0.15, -0.1) is 0 Å². The third-order valence-electron chi connectivity index (χ3n) is 1.90. The average Bonchev–Trinajstić information content (AvgIpc) is 2.00. The van der Waals surface area contributed by atoms with Gasteiger partial charge in [0.25, 0.3) is 0 Å². The fourth-order valence-electron chi connectivity index (χ4n) is 1.02. The van der Waals surface area contributed by atoms with Crippen LogP contribution in [0.1, 0.15) is 5.69 Å². The number of aromatic nitrogens is 2. The Bertz CT molecular complexity index is 273. The number of rotatable bonds is 2. The van der Waals surface area contributed by atoms with Gasteiger partial charge in [-0.1, -0.05) is 0 Å². The van der Waals surface area contributed by atoms with Crippen molar-refractivity contribution < 1.29 is 4.74 Å². The van der Waals surface area contributed by atoms with E-state index in [1.807, 2.05) is 6.92 Å². The third-order valence-corrected chi connectivity index (χ3v) is 1.90.